The summed E-state index contributed by atoms with van der Waals surface area (Å²) < 4.78 is 63.0. The predicted molar refractivity (Wildman–Crippen MR) is 150 cm³/mol. The molecule has 218 valence electrons. The zero-order chi connectivity index (χ0) is 29.8. The Hall–Kier alpha value is -3.73. The molecule has 0 aliphatic carbocycles. The summed E-state index contributed by atoms with van der Waals surface area (Å²) in [6.07, 6.45) is 7.85. The summed E-state index contributed by atoms with van der Waals surface area (Å²) in [5.74, 6) is -0.599. The van der Waals surface area contributed by atoms with Crippen LogP contribution >= 0.6 is 11.3 Å². The zero-order valence-electron chi connectivity index (χ0n) is 23.4. The van der Waals surface area contributed by atoms with E-state index in [1.54, 1.807) is 29.8 Å². The monoisotopic (exact) mass is 589 g/mol. The van der Waals surface area contributed by atoms with Crippen molar-refractivity contribution in [3.8, 4) is 11.5 Å². The maximum atomic E-state index is 13.1. The van der Waals surface area contributed by atoms with Gasteiger partial charge in [-0.1, -0.05) is 26.0 Å². The second kappa shape index (κ2) is 12.4. The largest absolute Gasteiger partial charge is 0.431 e. The van der Waals surface area contributed by atoms with Crippen LogP contribution < -0.4 is 19.4 Å². The lowest BCUT2D eigenvalue weighted by Crippen LogP contribution is -2.49. The van der Waals surface area contributed by atoms with Crippen LogP contribution in [-0.4, -0.2) is 28.7 Å². The summed E-state index contributed by atoms with van der Waals surface area (Å²) in [4.78, 5) is 9.19. The summed E-state index contributed by atoms with van der Waals surface area (Å²) in [6, 6.07) is 11.8. The molecule has 4 aromatic rings. The molecule has 4 rings (SSSR count). The Morgan fingerprint density at radius 1 is 0.878 bits per heavy atom. The minimum absolute atomic E-state index is 0.295. The summed E-state index contributed by atoms with van der Waals surface area (Å²) in [6.45, 7) is 2.05. The number of rotatable bonds is 12. The van der Waals surface area contributed by atoms with Gasteiger partial charge in [0.25, 0.3) is 0 Å². The molecule has 0 fully saturated rings. The molecule has 0 bridgehead atoms. The van der Waals surface area contributed by atoms with Gasteiger partial charge in [0.05, 0.1) is 0 Å². The fourth-order valence-corrected chi connectivity index (χ4v) is 5.34. The van der Waals surface area contributed by atoms with Crippen LogP contribution in [0.4, 0.5) is 23.4 Å². The Bertz CT molecular complexity index is 1410. The Labute approximate surface area is 241 Å². The van der Waals surface area contributed by atoms with Crippen LogP contribution in [0.3, 0.4) is 0 Å². The number of pyridine rings is 2. The molecule has 6 nitrogen and oxygen atoms in total. The Morgan fingerprint density at radius 2 is 1.54 bits per heavy atom. The minimum Gasteiger partial charge on any atom is -0.431 e. The van der Waals surface area contributed by atoms with E-state index in [-0.39, 0.29) is 11.3 Å². The molecular formula is C30H33F4N4O2S+. The summed E-state index contributed by atoms with van der Waals surface area (Å²) in [5.41, 5.74) is 1.69. The van der Waals surface area contributed by atoms with Gasteiger partial charge in [-0.25, -0.2) is 14.5 Å². The smallest absolute Gasteiger partial charge is 0.387 e. The molecule has 0 spiro atoms. The van der Waals surface area contributed by atoms with E-state index < -0.39 is 30.3 Å². The van der Waals surface area contributed by atoms with Crippen molar-refractivity contribution < 1.29 is 31.6 Å². The zero-order valence-corrected chi connectivity index (χ0v) is 24.3. The highest BCUT2D eigenvalue weighted by Gasteiger charge is 2.40. The number of halogens is 4. The molecule has 11 heteroatoms. The highest BCUT2D eigenvalue weighted by Crippen LogP contribution is 2.39. The van der Waals surface area contributed by atoms with Crippen molar-refractivity contribution in [3.63, 3.8) is 0 Å². The number of nitrogens with one attached hydrogen (secondary N) is 1. The molecule has 3 heterocycles. The quantitative estimate of drug-likeness (QED) is 0.141. The summed E-state index contributed by atoms with van der Waals surface area (Å²) >= 11 is 1.60. The molecule has 0 aliphatic heterocycles. The Morgan fingerprint density at radius 3 is 2.12 bits per heavy atom. The molecule has 3 aromatic heterocycles. The number of aryl methyl sites for hydroxylation is 1. The topological polar surface area (TPSA) is 60.2 Å². The molecule has 41 heavy (non-hydrogen) atoms. The molecule has 1 aromatic carbocycles. The fraction of sp³-hybridized carbons (Fsp3) is 0.367. The lowest BCUT2D eigenvalue weighted by atomic mass is 9.75. The number of thiazole rings is 1. The van der Waals surface area contributed by atoms with Gasteiger partial charge in [0, 0.05) is 46.8 Å². The average Bonchev–Trinajstić information content (AvgIpc) is 3.45. The summed E-state index contributed by atoms with van der Waals surface area (Å²) in [5, 5.41) is 6.49. The molecule has 0 saturated carbocycles. The number of alkyl halides is 4. The lowest BCUT2D eigenvalue weighted by Gasteiger charge is -2.41. The second-order valence-electron chi connectivity index (χ2n) is 10.8. The Kier molecular flexibility index (Phi) is 9.16. The number of hydrogen-bond donors (Lipinski definition) is 1. The molecule has 0 aliphatic rings. The van der Waals surface area contributed by atoms with Gasteiger partial charge in [-0.3, -0.25) is 0 Å². The van der Waals surface area contributed by atoms with E-state index in [0.29, 0.717) is 17.8 Å². The third-order valence-corrected chi connectivity index (χ3v) is 8.55. The number of benzene rings is 1. The first-order valence-electron chi connectivity index (χ1n) is 13.0. The number of hydrogen-bond acceptors (Lipinski definition) is 6. The number of aromatic nitrogens is 3. The highest BCUT2D eigenvalue weighted by atomic mass is 32.1. The highest BCUT2D eigenvalue weighted by molar-refractivity contribution is 7.09. The molecule has 0 radical (unpaired) electrons. The van der Waals surface area contributed by atoms with Crippen LogP contribution in [0.2, 0.25) is 0 Å². The van der Waals surface area contributed by atoms with E-state index in [4.69, 9.17) is 0 Å². The molecule has 1 N–H and O–H groups in total. The van der Waals surface area contributed by atoms with Gasteiger partial charge in [-0.05, 0) is 55.2 Å². The van der Waals surface area contributed by atoms with E-state index in [2.05, 4.69) is 52.5 Å². The van der Waals surface area contributed by atoms with Crippen molar-refractivity contribution in [2.45, 2.75) is 64.2 Å². The maximum Gasteiger partial charge on any atom is 0.387 e. The van der Waals surface area contributed by atoms with Crippen LogP contribution in [0.15, 0.2) is 72.6 Å². The third-order valence-electron chi connectivity index (χ3n) is 7.45. The van der Waals surface area contributed by atoms with Crippen molar-refractivity contribution in [2.24, 2.45) is 7.05 Å². The Balaban J connectivity index is 1.67. The lowest BCUT2D eigenvalue weighted by molar-refractivity contribution is -0.671. The first-order chi connectivity index (χ1) is 19.4. The van der Waals surface area contributed by atoms with Gasteiger partial charge in [-0.15, -0.1) is 11.3 Å². The number of ether oxygens (including phenoxy) is 2. The van der Waals surface area contributed by atoms with Crippen LogP contribution in [-0.2, 0) is 18.9 Å². The molecule has 0 saturated heterocycles. The van der Waals surface area contributed by atoms with E-state index >= 15 is 0 Å². The SMILES string of the molecule is C[n+]1ccc(CC(c2ccc(NC(C)(C)C(C)(C)c3nccs3)nc2)c2ccc(OC(F)F)c(OC(F)F)c2)cc1. The van der Waals surface area contributed by atoms with E-state index in [9.17, 15) is 17.6 Å². The standard InChI is InChI=1S/C30H33F4N4O2S/c1-29(2,26-35-12-15-41-26)30(3,4)37-25-9-7-21(18-36-25)22(16-19-10-13-38(5)14-11-19)20-6-8-23(39-27(31)32)24(17-20)40-28(33)34/h6-15,17-18,22,27-28H,16H2,1-5H3,(H,36,37)/q+1. The predicted octanol–water partition coefficient (Wildman–Crippen LogP) is 7.11. The van der Waals surface area contributed by atoms with Crippen LogP contribution in [0, 0.1) is 0 Å². The summed E-state index contributed by atoms with van der Waals surface area (Å²) in [7, 11) is 1.91. The third kappa shape index (κ3) is 7.32. The minimum atomic E-state index is -3.21. The first kappa shape index (κ1) is 30.2. The maximum absolute atomic E-state index is 13.1. The molecule has 0 amide bonds. The van der Waals surface area contributed by atoms with Gasteiger partial charge in [-0.2, -0.15) is 17.6 Å². The fourth-order valence-electron chi connectivity index (χ4n) is 4.42. The van der Waals surface area contributed by atoms with Crippen molar-refractivity contribution in [1.82, 2.24) is 9.97 Å². The van der Waals surface area contributed by atoms with Gasteiger partial charge in [0.15, 0.2) is 23.9 Å². The van der Waals surface area contributed by atoms with Crippen LogP contribution in [0.5, 0.6) is 11.5 Å². The molecular weight excluding hydrogens is 556 g/mol. The van der Waals surface area contributed by atoms with Crippen molar-refractivity contribution in [1.29, 1.82) is 0 Å². The molecule has 1 unspecified atom stereocenters. The average molecular weight is 590 g/mol. The van der Waals surface area contributed by atoms with Gasteiger partial charge in [0.1, 0.15) is 17.9 Å². The number of nitrogens with zero attached hydrogens (tertiary/aromatic N) is 3. The van der Waals surface area contributed by atoms with Crippen LogP contribution in [0.25, 0.3) is 0 Å². The second-order valence-corrected chi connectivity index (χ2v) is 11.7. The van der Waals surface area contributed by atoms with Crippen molar-refractivity contribution in [3.05, 3.63) is 94.3 Å². The molecule has 1 atom stereocenters. The van der Waals surface area contributed by atoms with Gasteiger partial charge < -0.3 is 14.8 Å². The van der Waals surface area contributed by atoms with E-state index in [1.165, 1.54) is 12.1 Å². The first-order valence-corrected chi connectivity index (χ1v) is 13.9. The van der Waals surface area contributed by atoms with Gasteiger partial charge >= 0.3 is 13.2 Å². The van der Waals surface area contributed by atoms with E-state index in [1.807, 2.05) is 53.7 Å². The van der Waals surface area contributed by atoms with Crippen molar-refractivity contribution in [2.75, 3.05) is 5.32 Å². The normalized spacial score (nSPS) is 13.0. The van der Waals surface area contributed by atoms with Gasteiger partial charge in [0.2, 0.25) is 0 Å². The number of anilines is 1. The van der Waals surface area contributed by atoms with E-state index in [0.717, 1.165) is 16.1 Å². The van der Waals surface area contributed by atoms with Crippen molar-refractivity contribution >= 4 is 17.2 Å². The van der Waals surface area contributed by atoms with Crippen LogP contribution in [0.1, 0.15) is 55.3 Å².